The van der Waals surface area contributed by atoms with Gasteiger partial charge in [0.2, 0.25) is 5.91 Å². The van der Waals surface area contributed by atoms with Gasteiger partial charge in [0.1, 0.15) is 6.61 Å². The molecule has 1 aromatic carbocycles. The molecule has 1 amide bonds. The largest absolute Gasteiger partial charge is 0.480 e. The van der Waals surface area contributed by atoms with E-state index in [2.05, 4.69) is 0 Å². The van der Waals surface area contributed by atoms with E-state index in [0.29, 0.717) is 16.1 Å². The van der Waals surface area contributed by atoms with Gasteiger partial charge in [-0.15, -0.1) is 0 Å². The number of rotatable bonds is 5. The molecule has 0 unspecified atom stereocenters. The Morgan fingerprint density at radius 3 is 2.62 bits per heavy atom. The predicted octanol–water partition coefficient (Wildman–Crippen LogP) is 1.04. The second kappa shape index (κ2) is 5.48. The molecule has 0 aliphatic carbocycles. The molecule has 0 spiro atoms. The molecule has 0 heterocycles. The van der Waals surface area contributed by atoms with E-state index in [4.69, 9.17) is 27.2 Å². The summed E-state index contributed by atoms with van der Waals surface area (Å²) in [6.07, 6.45) is 0. The van der Waals surface area contributed by atoms with Crippen molar-refractivity contribution in [1.82, 2.24) is 0 Å². The Kier molecular flexibility index (Phi) is 4.28. The van der Waals surface area contributed by atoms with Crippen molar-refractivity contribution in [2.45, 2.75) is 6.61 Å². The first kappa shape index (κ1) is 12.5. The summed E-state index contributed by atoms with van der Waals surface area (Å²) >= 11 is 5.85. The molecule has 86 valence electrons. The van der Waals surface area contributed by atoms with Gasteiger partial charge in [-0.25, -0.2) is 4.79 Å². The molecule has 0 bridgehead atoms. The van der Waals surface area contributed by atoms with E-state index in [1.165, 1.54) is 12.1 Å². The minimum Gasteiger partial charge on any atom is -0.480 e. The highest BCUT2D eigenvalue weighted by molar-refractivity contribution is 6.31. The minimum absolute atomic E-state index is 0.0736. The molecule has 0 saturated heterocycles. The number of carbonyl (C=O) groups excluding carboxylic acids is 1. The lowest BCUT2D eigenvalue weighted by Crippen LogP contribution is -2.11. The predicted molar refractivity (Wildman–Crippen MR) is 57.3 cm³/mol. The summed E-state index contributed by atoms with van der Waals surface area (Å²) in [5.74, 6) is -1.62. The van der Waals surface area contributed by atoms with Crippen LogP contribution in [0.25, 0.3) is 0 Å². The van der Waals surface area contributed by atoms with Crippen LogP contribution in [0.5, 0.6) is 0 Å². The number of carboxylic acid groups (broad SMARTS) is 1. The molecular formula is C10H10ClNO4. The van der Waals surface area contributed by atoms with Crippen LogP contribution in [0.3, 0.4) is 0 Å². The fourth-order valence-corrected chi connectivity index (χ4v) is 1.30. The van der Waals surface area contributed by atoms with E-state index in [1.807, 2.05) is 0 Å². The summed E-state index contributed by atoms with van der Waals surface area (Å²) in [5.41, 5.74) is 5.97. The van der Waals surface area contributed by atoms with E-state index in [-0.39, 0.29) is 6.61 Å². The van der Waals surface area contributed by atoms with Crippen LogP contribution >= 0.6 is 11.6 Å². The Morgan fingerprint density at radius 1 is 1.44 bits per heavy atom. The van der Waals surface area contributed by atoms with Gasteiger partial charge in [0.05, 0.1) is 6.61 Å². The van der Waals surface area contributed by atoms with Crippen molar-refractivity contribution in [3.8, 4) is 0 Å². The third-order valence-electron chi connectivity index (χ3n) is 1.82. The Hall–Kier alpha value is -1.59. The first-order chi connectivity index (χ1) is 7.50. The van der Waals surface area contributed by atoms with Crippen LogP contribution in [0, 0.1) is 0 Å². The van der Waals surface area contributed by atoms with Crippen molar-refractivity contribution in [3.63, 3.8) is 0 Å². The quantitative estimate of drug-likeness (QED) is 0.809. The Labute approximate surface area is 96.8 Å². The first-order valence-corrected chi connectivity index (χ1v) is 4.76. The van der Waals surface area contributed by atoms with E-state index in [9.17, 15) is 9.59 Å². The summed E-state index contributed by atoms with van der Waals surface area (Å²) in [6.45, 7) is -0.321. The van der Waals surface area contributed by atoms with Crippen LogP contribution in [0.2, 0.25) is 5.02 Å². The van der Waals surface area contributed by atoms with Crippen molar-refractivity contribution in [2.75, 3.05) is 6.61 Å². The zero-order valence-electron chi connectivity index (χ0n) is 8.27. The highest BCUT2D eigenvalue weighted by Gasteiger charge is 2.06. The number of aliphatic carboxylic acids is 1. The van der Waals surface area contributed by atoms with Gasteiger partial charge in [-0.2, -0.15) is 0 Å². The summed E-state index contributed by atoms with van der Waals surface area (Å²) in [6, 6.07) is 4.50. The van der Waals surface area contributed by atoms with Gasteiger partial charge in [-0.05, 0) is 17.7 Å². The van der Waals surface area contributed by atoms with Crippen LogP contribution in [0.4, 0.5) is 0 Å². The molecule has 5 nitrogen and oxygen atoms in total. The fraction of sp³-hybridized carbons (Fsp3) is 0.200. The molecule has 16 heavy (non-hydrogen) atoms. The van der Waals surface area contributed by atoms with Gasteiger partial charge in [0.15, 0.2) is 0 Å². The maximum Gasteiger partial charge on any atom is 0.329 e. The summed E-state index contributed by atoms with van der Waals surface area (Å²) < 4.78 is 4.86. The van der Waals surface area contributed by atoms with E-state index >= 15 is 0 Å². The Morgan fingerprint density at radius 2 is 2.12 bits per heavy atom. The second-order valence-electron chi connectivity index (χ2n) is 3.06. The molecule has 1 aromatic rings. The van der Waals surface area contributed by atoms with Crippen molar-refractivity contribution >= 4 is 23.5 Å². The molecular weight excluding hydrogens is 234 g/mol. The molecule has 0 aromatic heterocycles. The van der Waals surface area contributed by atoms with Crippen LogP contribution in [-0.4, -0.2) is 23.6 Å². The SMILES string of the molecule is NC(=O)c1ccc(COCC(=O)O)c(Cl)c1. The topological polar surface area (TPSA) is 89.6 Å². The molecule has 0 aliphatic heterocycles. The first-order valence-electron chi connectivity index (χ1n) is 4.38. The van der Waals surface area contributed by atoms with Crippen LogP contribution in [0.1, 0.15) is 15.9 Å². The van der Waals surface area contributed by atoms with Crippen LogP contribution < -0.4 is 5.73 Å². The van der Waals surface area contributed by atoms with E-state index < -0.39 is 18.5 Å². The van der Waals surface area contributed by atoms with Crippen molar-refractivity contribution in [2.24, 2.45) is 5.73 Å². The number of halogens is 1. The highest BCUT2D eigenvalue weighted by atomic mass is 35.5. The molecule has 3 N–H and O–H groups in total. The Bertz CT molecular complexity index is 419. The number of carboxylic acids is 1. The van der Waals surface area contributed by atoms with E-state index in [0.717, 1.165) is 0 Å². The lowest BCUT2D eigenvalue weighted by molar-refractivity contribution is -0.142. The molecule has 0 radical (unpaired) electrons. The zero-order valence-corrected chi connectivity index (χ0v) is 9.03. The highest BCUT2D eigenvalue weighted by Crippen LogP contribution is 2.18. The van der Waals surface area contributed by atoms with E-state index in [1.54, 1.807) is 6.07 Å². The summed E-state index contributed by atoms with van der Waals surface area (Å²) in [7, 11) is 0. The third kappa shape index (κ3) is 3.52. The van der Waals surface area contributed by atoms with Gasteiger partial charge >= 0.3 is 5.97 Å². The van der Waals surface area contributed by atoms with Crippen molar-refractivity contribution < 1.29 is 19.4 Å². The number of amides is 1. The third-order valence-corrected chi connectivity index (χ3v) is 2.17. The second-order valence-corrected chi connectivity index (χ2v) is 3.46. The fourth-order valence-electron chi connectivity index (χ4n) is 1.07. The number of nitrogens with two attached hydrogens (primary N) is 1. The molecule has 6 heteroatoms. The molecule has 0 saturated carbocycles. The number of ether oxygens (including phenoxy) is 1. The lowest BCUT2D eigenvalue weighted by atomic mass is 10.1. The monoisotopic (exact) mass is 243 g/mol. The molecule has 0 aliphatic rings. The normalized spacial score (nSPS) is 10.1. The van der Waals surface area contributed by atoms with Gasteiger partial charge in [0, 0.05) is 10.6 Å². The standard InChI is InChI=1S/C10H10ClNO4/c11-8-3-6(10(12)15)1-2-7(8)4-16-5-9(13)14/h1-3H,4-5H2,(H2,12,15)(H,13,14). The van der Waals surface area contributed by atoms with Crippen LogP contribution in [-0.2, 0) is 16.1 Å². The minimum atomic E-state index is -1.05. The average molecular weight is 244 g/mol. The lowest BCUT2D eigenvalue weighted by Gasteiger charge is -2.05. The number of hydrogen-bond acceptors (Lipinski definition) is 3. The van der Waals surface area contributed by atoms with Gasteiger partial charge in [-0.3, -0.25) is 4.79 Å². The van der Waals surface area contributed by atoms with Crippen molar-refractivity contribution in [1.29, 1.82) is 0 Å². The number of hydrogen-bond donors (Lipinski definition) is 2. The molecule has 1 rings (SSSR count). The smallest absolute Gasteiger partial charge is 0.329 e. The maximum absolute atomic E-state index is 10.8. The number of primary amides is 1. The zero-order chi connectivity index (χ0) is 12.1. The maximum atomic E-state index is 10.8. The summed E-state index contributed by atoms with van der Waals surface area (Å²) in [4.78, 5) is 21.0. The number of benzene rings is 1. The molecule has 0 atom stereocenters. The average Bonchev–Trinajstić information content (AvgIpc) is 2.19. The Balaban J connectivity index is 2.68. The van der Waals surface area contributed by atoms with Crippen molar-refractivity contribution in [3.05, 3.63) is 34.3 Å². The number of carbonyl (C=O) groups is 2. The molecule has 0 fully saturated rings. The van der Waals surface area contributed by atoms with Gasteiger partial charge in [0.25, 0.3) is 0 Å². The van der Waals surface area contributed by atoms with Gasteiger partial charge in [-0.1, -0.05) is 17.7 Å². The van der Waals surface area contributed by atoms with Crippen LogP contribution in [0.15, 0.2) is 18.2 Å². The van der Waals surface area contributed by atoms with Gasteiger partial charge < -0.3 is 15.6 Å². The summed E-state index contributed by atoms with van der Waals surface area (Å²) in [5, 5.41) is 8.68.